The van der Waals surface area contributed by atoms with Crippen molar-refractivity contribution >= 4 is 15.7 Å². The average Bonchev–Trinajstić information content (AvgIpc) is 2.96. The summed E-state index contributed by atoms with van der Waals surface area (Å²) in [6, 6.07) is 13.1. The number of carbonyl (C=O) groups is 1. The molecule has 1 aromatic heterocycles. The lowest BCUT2D eigenvalue weighted by atomic mass is 10.1. The lowest BCUT2D eigenvalue weighted by Crippen LogP contribution is -2.42. The molecule has 0 spiro atoms. The number of rotatable bonds is 5. The van der Waals surface area contributed by atoms with Crippen molar-refractivity contribution in [3.05, 3.63) is 66.0 Å². The minimum Gasteiger partial charge on any atom is -0.334 e. The first-order valence-electron chi connectivity index (χ1n) is 8.00. The fourth-order valence-electron chi connectivity index (χ4n) is 3.02. The van der Waals surface area contributed by atoms with Crippen molar-refractivity contribution in [1.29, 1.82) is 0 Å². The second kappa shape index (κ2) is 7.13. The number of sulfone groups is 1. The first-order valence-corrected chi connectivity index (χ1v) is 9.83. The van der Waals surface area contributed by atoms with Crippen LogP contribution in [-0.4, -0.2) is 48.3 Å². The summed E-state index contributed by atoms with van der Waals surface area (Å²) < 4.78 is 23.7. The molecule has 0 N–H and O–H groups in total. The van der Waals surface area contributed by atoms with Gasteiger partial charge in [-0.1, -0.05) is 30.3 Å². The second-order valence-electron chi connectivity index (χ2n) is 6.03. The van der Waals surface area contributed by atoms with Crippen LogP contribution in [0.1, 0.15) is 22.3 Å². The van der Waals surface area contributed by atoms with E-state index in [1.165, 1.54) is 6.20 Å². The summed E-state index contributed by atoms with van der Waals surface area (Å²) in [5.74, 6) is 0.0503. The van der Waals surface area contributed by atoms with Gasteiger partial charge in [0.1, 0.15) is 0 Å². The van der Waals surface area contributed by atoms with Gasteiger partial charge in [0.05, 0.1) is 17.1 Å². The van der Waals surface area contributed by atoms with E-state index < -0.39 is 9.84 Å². The highest BCUT2D eigenvalue weighted by Crippen LogP contribution is 2.20. The van der Waals surface area contributed by atoms with Gasteiger partial charge in [-0.05, 0) is 30.5 Å². The Bertz CT molecular complexity index is 792. The van der Waals surface area contributed by atoms with Gasteiger partial charge < -0.3 is 4.90 Å². The molecule has 1 aromatic carbocycles. The fraction of sp³-hybridized carbons (Fsp3) is 0.333. The Hall–Kier alpha value is -2.21. The minimum absolute atomic E-state index is 0.0494. The Balaban J connectivity index is 1.79. The molecule has 1 unspecified atom stereocenters. The van der Waals surface area contributed by atoms with E-state index in [2.05, 4.69) is 4.98 Å². The van der Waals surface area contributed by atoms with Gasteiger partial charge in [0.15, 0.2) is 9.84 Å². The topological polar surface area (TPSA) is 67.3 Å². The standard InChI is InChI=1S/C18H20N2O3S/c21-18(16-7-4-10-19-13-16)20(17-9-12-24(22,23)14-17)11-8-15-5-2-1-3-6-15/h1-7,10,13,17H,8-9,11-12,14H2. The fourth-order valence-corrected chi connectivity index (χ4v) is 4.75. The van der Waals surface area contributed by atoms with E-state index in [0.29, 0.717) is 24.9 Å². The molecule has 0 bridgehead atoms. The molecule has 1 fully saturated rings. The van der Waals surface area contributed by atoms with Gasteiger partial charge >= 0.3 is 0 Å². The molecule has 2 aromatic rings. The van der Waals surface area contributed by atoms with Crippen LogP contribution in [0.15, 0.2) is 54.9 Å². The van der Waals surface area contributed by atoms with E-state index in [9.17, 15) is 13.2 Å². The van der Waals surface area contributed by atoms with Crippen molar-refractivity contribution in [3.8, 4) is 0 Å². The van der Waals surface area contributed by atoms with E-state index >= 15 is 0 Å². The SMILES string of the molecule is O=C(c1cccnc1)N(CCc1ccccc1)C1CCS(=O)(=O)C1. The summed E-state index contributed by atoms with van der Waals surface area (Å²) in [6.45, 7) is 0.498. The Labute approximate surface area is 142 Å². The third-order valence-electron chi connectivity index (χ3n) is 4.30. The zero-order valence-electron chi connectivity index (χ0n) is 13.3. The first kappa shape index (κ1) is 16.6. The molecule has 0 saturated carbocycles. The van der Waals surface area contributed by atoms with Crippen LogP contribution in [-0.2, 0) is 16.3 Å². The third kappa shape index (κ3) is 4.00. The number of hydrogen-bond acceptors (Lipinski definition) is 4. The lowest BCUT2D eigenvalue weighted by Gasteiger charge is -2.28. The Morgan fingerprint density at radius 3 is 2.58 bits per heavy atom. The number of nitrogens with zero attached hydrogens (tertiary/aromatic N) is 2. The van der Waals surface area contributed by atoms with Crippen LogP contribution in [0.3, 0.4) is 0 Å². The highest BCUT2D eigenvalue weighted by Gasteiger charge is 2.34. The summed E-state index contributed by atoms with van der Waals surface area (Å²) >= 11 is 0. The molecule has 6 heteroatoms. The molecule has 5 nitrogen and oxygen atoms in total. The van der Waals surface area contributed by atoms with Crippen molar-refractivity contribution in [3.63, 3.8) is 0 Å². The van der Waals surface area contributed by atoms with Crippen LogP contribution in [0.4, 0.5) is 0 Å². The predicted molar refractivity (Wildman–Crippen MR) is 92.5 cm³/mol. The van der Waals surface area contributed by atoms with Gasteiger partial charge in [-0.25, -0.2) is 8.42 Å². The van der Waals surface area contributed by atoms with Crippen molar-refractivity contribution in [2.24, 2.45) is 0 Å². The Kier molecular flexibility index (Phi) is 4.94. The van der Waals surface area contributed by atoms with Gasteiger partial charge in [-0.15, -0.1) is 0 Å². The van der Waals surface area contributed by atoms with E-state index in [1.807, 2.05) is 30.3 Å². The molecule has 0 aliphatic carbocycles. The van der Waals surface area contributed by atoms with E-state index in [4.69, 9.17) is 0 Å². The summed E-state index contributed by atoms with van der Waals surface area (Å²) in [5, 5.41) is 0. The Morgan fingerprint density at radius 2 is 1.96 bits per heavy atom. The van der Waals surface area contributed by atoms with E-state index in [1.54, 1.807) is 23.2 Å². The third-order valence-corrected chi connectivity index (χ3v) is 6.05. The van der Waals surface area contributed by atoms with Gasteiger partial charge in [-0.2, -0.15) is 0 Å². The maximum atomic E-state index is 12.9. The van der Waals surface area contributed by atoms with Crippen LogP contribution in [0.25, 0.3) is 0 Å². The maximum absolute atomic E-state index is 12.9. The van der Waals surface area contributed by atoms with Crippen LogP contribution in [0.5, 0.6) is 0 Å². The molecule has 1 saturated heterocycles. The van der Waals surface area contributed by atoms with Crippen molar-refractivity contribution in [2.75, 3.05) is 18.1 Å². The van der Waals surface area contributed by atoms with Crippen molar-refractivity contribution in [2.45, 2.75) is 18.9 Å². The normalized spacial score (nSPS) is 19.1. The van der Waals surface area contributed by atoms with Gasteiger partial charge in [0.2, 0.25) is 0 Å². The average molecular weight is 344 g/mol. The van der Waals surface area contributed by atoms with Crippen molar-refractivity contribution < 1.29 is 13.2 Å². The van der Waals surface area contributed by atoms with Gasteiger partial charge in [0, 0.05) is 25.0 Å². The minimum atomic E-state index is -3.05. The number of benzene rings is 1. The number of carbonyl (C=O) groups excluding carboxylic acids is 1. The van der Waals surface area contributed by atoms with E-state index in [0.717, 1.165) is 5.56 Å². The van der Waals surface area contributed by atoms with Gasteiger partial charge in [-0.3, -0.25) is 9.78 Å². The molecular formula is C18H20N2O3S. The quantitative estimate of drug-likeness (QED) is 0.831. The Morgan fingerprint density at radius 1 is 1.17 bits per heavy atom. The molecule has 1 aliphatic heterocycles. The number of pyridine rings is 1. The molecular weight excluding hydrogens is 324 g/mol. The summed E-state index contributed by atoms with van der Waals surface area (Å²) in [5.41, 5.74) is 1.62. The van der Waals surface area contributed by atoms with Gasteiger partial charge in [0.25, 0.3) is 5.91 Å². The summed E-state index contributed by atoms with van der Waals surface area (Å²) in [4.78, 5) is 18.6. The molecule has 126 valence electrons. The smallest absolute Gasteiger partial charge is 0.255 e. The van der Waals surface area contributed by atoms with Crippen LogP contribution in [0, 0.1) is 0 Å². The maximum Gasteiger partial charge on any atom is 0.255 e. The van der Waals surface area contributed by atoms with Crippen molar-refractivity contribution in [1.82, 2.24) is 9.88 Å². The molecule has 1 atom stereocenters. The van der Waals surface area contributed by atoms with Crippen LogP contribution >= 0.6 is 0 Å². The molecule has 1 aliphatic rings. The first-order chi connectivity index (χ1) is 11.6. The highest BCUT2D eigenvalue weighted by molar-refractivity contribution is 7.91. The van der Waals surface area contributed by atoms with Crippen LogP contribution in [0.2, 0.25) is 0 Å². The molecule has 1 amide bonds. The largest absolute Gasteiger partial charge is 0.334 e. The molecule has 3 rings (SSSR count). The number of hydrogen-bond donors (Lipinski definition) is 0. The molecule has 24 heavy (non-hydrogen) atoms. The molecule has 0 radical (unpaired) electrons. The lowest BCUT2D eigenvalue weighted by molar-refractivity contribution is 0.0699. The number of amides is 1. The predicted octanol–water partition coefficient (Wildman–Crippen LogP) is 1.95. The summed E-state index contributed by atoms with van der Waals surface area (Å²) in [6.07, 6.45) is 4.35. The van der Waals surface area contributed by atoms with Crippen LogP contribution < -0.4 is 0 Å². The highest BCUT2D eigenvalue weighted by atomic mass is 32.2. The summed E-state index contributed by atoms with van der Waals surface area (Å²) in [7, 11) is -3.05. The molecule has 2 heterocycles. The zero-order chi connectivity index (χ0) is 17.0. The number of aromatic nitrogens is 1. The monoisotopic (exact) mass is 344 g/mol. The second-order valence-corrected chi connectivity index (χ2v) is 8.26. The van der Waals surface area contributed by atoms with E-state index in [-0.39, 0.29) is 23.5 Å². The zero-order valence-corrected chi connectivity index (χ0v) is 14.2.